The predicted molar refractivity (Wildman–Crippen MR) is 178 cm³/mol. The van der Waals surface area contributed by atoms with Crippen LogP contribution in [0.15, 0.2) is 83.7 Å². The summed E-state index contributed by atoms with van der Waals surface area (Å²) in [7, 11) is 0. The smallest absolute Gasteiger partial charge is 0.421 e. The highest BCUT2D eigenvalue weighted by molar-refractivity contribution is 6.02. The monoisotopic (exact) mass is 642 g/mol. The number of aromatic nitrogens is 4. The van der Waals surface area contributed by atoms with Crippen molar-refractivity contribution < 1.29 is 28.3 Å². The second-order valence-corrected chi connectivity index (χ2v) is 12.3. The summed E-state index contributed by atoms with van der Waals surface area (Å²) in [6, 6.07) is 17.3. The number of benzene rings is 2. The molecule has 14 heteroatoms. The molecule has 0 unspecified atom stereocenters. The first kappa shape index (κ1) is 33.8. The maximum Gasteiger partial charge on any atom is 0.421 e. The van der Waals surface area contributed by atoms with Gasteiger partial charge in [-0.25, -0.2) is 28.7 Å². The number of carbonyl (C=O) groups excluding carboxylic acids is 3. The number of carbonyl (C=O) groups is 3. The first-order valence-corrected chi connectivity index (χ1v) is 14.5. The average Bonchev–Trinajstić information content (AvgIpc) is 3.72. The van der Waals surface area contributed by atoms with Gasteiger partial charge in [-0.15, -0.1) is 0 Å². The van der Waals surface area contributed by atoms with Gasteiger partial charge < -0.3 is 36.4 Å². The van der Waals surface area contributed by atoms with Crippen LogP contribution in [0.2, 0.25) is 0 Å². The first-order chi connectivity index (χ1) is 22.0. The van der Waals surface area contributed by atoms with Gasteiger partial charge in [-0.2, -0.15) is 0 Å². The highest BCUT2D eigenvalue weighted by atomic mass is 16.6. The number of hydrogen-bond acceptors (Lipinski definition) is 11. The number of rotatable bonds is 4. The molecule has 0 fully saturated rings. The highest BCUT2D eigenvalue weighted by Crippen LogP contribution is 2.27. The van der Waals surface area contributed by atoms with Crippen LogP contribution in [-0.2, 0) is 9.47 Å². The van der Waals surface area contributed by atoms with Gasteiger partial charge in [-0.1, -0.05) is 24.3 Å². The fourth-order valence-corrected chi connectivity index (χ4v) is 4.19. The Morgan fingerprint density at radius 3 is 1.70 bits per heavy atom. The molecule has 0 atom stereocenters. The zero-order valence-corrected chi connectivity index (χ0v) is 27.0. The van der Waals surface area contributed by atoms with Crippen LogP contribution in [-0.4, -0.2) is 48.4 Å². The van der Waals surface area contributed by atoms with Gasteiger partial charge >= 0.3 is 12.2 Å². The maximum absolute atomic E-state index is 12.5. The summed E-state index contributed by atoms with van der Waals surface area (Å²) in [4.78, 5) is 44.8. The number of nitrogens with zero attached hydrogens (tertiary/aromatic N) is 4. The summed E-state index contributed by atoms with van der Waals surface area (Å²) >= 11 is 0. The number of hydrogen-bond donors (Lipinski definition) is 4. The van der Waals surface area contributed by atoms with Gasteiger partial charge in [-0.05, 0) is 77.9 Å². The summed E-state index contributed by atoms with van der Waals surface area (Å²) in [5.41, 5.74) is 19.6. The predicted octanol–water partition coefficient (Wildman–Crippen LogP) is 6.26. The van der Waals surface area contributed by atoms with E-state index in [4.69, 9.17) is 31.1 Å². The minimum Gasteiger partial charge on any atom is -0.459 e. The molecule has 3 aromatic heterocycles. The Hall–Kier alpha value is -6.05. The van der Waals surface area contributed by atoms with Crippen LogP contribution in [0, 0.1) is 0 Å². The normalized spacial score (nSPS) is 11.3. The molecule has 1 amide bonds. The van der Waals surface area contributed by atoms with Gasteiger partial charge in [0.2, 0.25) is 11.9 Å². The molecule has 0 saturated heterocycles. The Labute approximate surface area is 271 Å². The molecule has 246 valence electrons. The van der Waals surface area contributed by atoms with Crippen molar-refractivity contribution in [1.82, 2.24) is 19.1 Å². The van der Waals surface area contributed by atoms with Crippen molar-refractivity contribution in [2.24, 2.45) is 0 Å². The van der Waals surface area contributed by atoms with E-state index < -0.39 is 23.4 Å². The number of ether oxygens (including phenoxy) is 2. The van der Waals surface area contributed by atoms with E-state index in [1.54, 1.807) is 96.1 Å². The quantitative estimate of drug-likeness (QED) is 0.161. The molecule has 0 aliphatic rings. The Morgan fingerprint density at radius 1 is 0.723 bits per heavy atom. The lowest BCUT2D eigenvalue weighted by Crippen LogP contribution is -2.28. The van der Waals surface area contributed by atoms with Gasteiger partial charge in [0.25, 0.3) is 5.91 Å². The van der Waals surface area contributed by atoms with Crippen LogP contribution in [0.1, 0.15) is 52.1 Å². The lowest BCUT2D eigenvalue weighted by Gasteiger charge is -2.20. The molecule has 14 nitrogen and oxygen atoms in total. The molecular formula is C33H38N8O6. The van der Waals surface area contributed by atoms with Crippen LogP contribution in [0.3, 0.4) is 0 Å². The van der Waals surface area contributed by atoms with Gasteiger partial charge in [-0.3, -0.25) is 4.79 Å². The summed E-state index contributed by atoms with van der Waals surface area (Å²) in [5, 5.41) is 2.74. The second-order valence-electron chi connectivity index (χ2n) is 12.3. The summed E-state index contributed by atoms with van der Waals surface area (Å²) < 4.78 is 18.2. The lowest BCUT2D eigenvalue weighted by molar-refractivity contribution is 0.0531. The van der Waals surface area contributed by atoms with Crippen LogP contribution in [0.25, 0.3) is 22.5 Å². The van der Waals surface area contributed by atoms with Crippen molar-refractivity contribution in [3.8, 4) is 22.5 Å². The number of amides is 1. The van der Waals surface area contributed by atoms with E-state index in [2.05, 4.69) is 15.3 Å². The summed E-state index contributed by atoms with van der Waals surface area (Å²) in [6.07, 6.45) is 3.23. The number of furan rings is 1. The molecule has 3 heterocycles. The maximum atomic E-state index is 12.5. The van der Waals surface area contributed by atoms with Crippen molar-refractivity contribution in [2.75, 3.05) is 22.5 Å². The van der Waals surface area contributed by atoms with Gasteiger partial charge in [0.1, 0.15) is 11.2 Å². The van der Waals surface area contributed by atoms with E-state index in [-0.39, 0.29) is 23.6 Å². The van der Waals surface area contributed by atoms with E-state index in [1.807, 2.05) is 6.07 Å². The van der Waals surface area contributed by atoms with E-state index >= 15 is 0 Å². The minimum atomic E-state index is -0.677. The Bertz CT molecular complexity index is 1880. The molecule has 0 saturated carbocycles. The number of nitrogens with two attached hydrogens (primary N) is 3. The number of anilines is 4. The number of nitrogen functional groups attached to an aromatic ring is 3. The van der Waals surface area contributed by atoms with Gasteiger partial charge in [0, 0.05) is 22.5 Å². The zero-order chi connectivity index (χ0) is 34.5. The third kappa shape index (κ3) is 8.78. The standard InChI is InChI=1S/C19H20N4O4.C14H18N4O2/c1-19(2,3)27-18(25)23-14(11-21-17(23)20)12-6-4-7-13(10-12)22-16(24)15-8-5-9-26-15;1-14(2,3)20-13(19)18-11(8-17-12(18)16)9-5-4-6-10(15)7-9/h4-11H,1-3H3,(H2,20,21)(H,22,24);4-8H,15H2,1-3H3,(H2,16,17). The molecule has 2 aromatic carbocycles. The summed E-state index contributed by atoms with van der Waals surface area (Å²) in [5.74, 6) is -0.0818. The molecule has 47 heavy (non-hydrogen) atoms. The SMILES string of the molecule is CC(C)(C)OC(=O)n1c(-c2cccc(N)c2)cnc1N.CC(C)(C)OC(=O)n1c(-c2cccc(NC(=O)c3ccco3)c2)cnc1N. The molecule has 0 aliphatic carbocycles. The van der Waals surface area contributed by atoms with Crippen LogP contribution in [0.5, 0.6) is 0 Å². The van der Waals surface area contributed by atoms with E-state index in [0.29, 0.717) is 28.3 Å². The Balaban J connectivity index is 0.000000223. The summed E-state index contributed by atoms with van der Waals surface area (Å²) in [6.45, 7) is 10.7. The van der Waals surface area contributed by atoms with E-state index in [0.717, 1.165) is 5.56 Å². The van der Waals surface area contributed by atoms with Crippen LogP contribution in [0.4, 0.5) is 32.9 Å². The first-order valence-electron chi connectivity index (χ1n) is 14.5. The topological polar surface area (TPSA) is 209 Å². The average molecular weight is 643 g/mol. The molecule has 0 spiro atoms. The van der Waals surface area contributed by atoms with Crippen molar-refractivity contribution in [3.05, 3.63) is 85.1 Å². The molecule has 0 radical (unpaired) electrons. The molecule has 5 aromatic rings. The van der Waals surface area contributed by atoms with Crippen molar-refractivity contribution in [3.63, 3.8) is 0 Å². The van der Waals surface area contributed by atoms with Crippen LogP contribution < -0.4 is 22.5 Å². The fraction of sp³-hybridized carbons (Fsp3) is 0.242. The van der Waals surface area contributed by atoms with Crippen molar-refractivity contribution in [1.29, 1.82) is 0 Å². The third-order valence-electron chi connectivity index (χ3n) is 6.07. The van der Waals surface area contributed by atoms with Crippen LogP contribution >= 0.6 is 0 Å². The zero-order valence-electron chi connectivity index (χ0n) is 27.0. The third-order valence-corrected chi connectivity index (χ3v) is 6.07. The minimum absolute atomic E-state index is 0.0178. The Morgan fingerprint density at radius 2 is 1.23 bits per heavy atom. The highest BCUT2D eigenvalue weighted by Gasteiger charge is 2.24. The number of nitrogens with one attached hydrogen (secondary N) is 1. The van der Waals surface area contributed by atoms with Gasteiger partial charge in [0.15, 0.2) is 5.76 Å². The van der Waals surface area contributed by atoms with E-state index in [1.165, 1.54) is 27.8 Å². The largest absolute Gasteiger partial charge is 0.459 e. The molecule has 7 N–H and O–H groups in total. The number of imidazole rings is 2. The molecule has 0 aliphatic heterocycles. The second kappa shape index (κ2) is 13.5. The molecule has 5 rings (SSSR count). The fourth-order valence-electron chi connectivity index (χ4n) is 4.19. The van der Waals surface area contributed by atoms with E-state index in [9.17, 15) is 14.4 Å². The molecular weight excluding hydrogens is 604 g/mol. The van der Waals surface area contributed by atoms with Gasteiger partial charge in [0.05, 0.1) is 30.0 Å². The lowest BCUT2D eigenvalue weighted by atomic mass is 10.1. The molecule has 0 bridgehead atoms. The van der Waals surface area contributed by atoms with Crippen molar-refractivity contribution >= 4 is 41.4 Å². The van der Waals surface area contributed by atoms with Crippen molar-refractivity contribution in [2.45, 2.75) is 52.7 Å². The Kier molecular flexibility index (Phi) is 9.73.